The molecule has 0 unspecified atom stereocenters. The van der Waals surface area contributed by atoms with Gasteiger partial charge in [-0.1, -0.05) is 12.1 Å². The number of aromatic amines is 1. The Bertz CT molecular complexity index is 722. The Morgan fingerprint density at radius 3 is 2.61 bits per heavy atom. The van der Waals surface area contributed by atoms with Gasteiger partial charge in [-0.15, -0.1) is 0 Å². The van der Waals surface area contributed by atoms with Crippen LogP contribution in [0.1, 0.15) is 40.5 Å². The van der Waals surface area contributed by atoms with Gasteiger partial charge in [0.25, 0.3) is 5.91 Å². The molecule has 1 heterocycles. The number of amides is 1. The fourth-order valence-corrected chi connectivity index (χ4v) is 2.38. The highest BCUT2D eigenvalue weighted by molar-refractivity contribution is 5.94. The molecule has 0 atom stereocenters. The molecule has 1 aliphatic carbocycles. The molecule has 0 spiro atoms. The summed E-state index contributed by atoms with van der Waals surface area (Å²) >= 11 is 0. The van der Waals surface area contributed by atoms with Gasteiger partial charge in [-0.25, -0.2) is 4.39 Å². The number of aromatic nitrogens is 2. The van der Waals surface area contributed by atoms with Gasteiger partial charge >= 0.3 is 5.97 Å². The topological polar surface area (TPSA) is 86.3 Å². The Labute approximate surface area is 131 Å². The molecular weight excluding hydrogens is 301 g/mol. The molecule has 23 heavy (non-hydrogen) atoms. The number of carboxylic acid groups (broad SMARTS) is 1. The maximum absolute atomic E-state index is 13.0. The number of aliphatic carboxylic acids is 1. The second kappa shape index (κ2) is 6.20. The number of carbonyl (C=O) groups is 2. The molecule has 7 heteroatoms. The van der Waals surface area contributed by atoms with Crippen molar-refractivity contribution in [1.29, 1.82) is 0 Å². The summed E-state index contributed by atoms with van der Waals surface area (Å²) in [6.07, 6.45) is 2.15. The van der Waals surface area contributed by atoms with Crippen molar-refractivity contribution < 1.29 is 19.1 Å². The van der Waals surface area contributed by atoms with Crippen molar-refractivity contribution in [1.82, 2.24) is 15.1 Å². The number of hydrogen-bond acceptors (Lipinski definition) is 3. The summed E-state index contributed by atoms with van der Waals surface area (Å²) in [5.74, 6) is -1.53. The van der Waals surface area contributed by atoms with E-state index in [1.165, 1.54) is 29.2 Å². The van der Waals surface area contributed by atoms with E-state index in [0.717, 1.165) is 18.5 Å². The maximum Gasteiger partial charge on any atom is 0.323 e. The van der Waals surface area contributed by atoms with Gasteiger partial charge in [0.2, 0.25) is 0 Å². The molecule has 6 nitrogen and oxygen atoms in total. The molecule has 1 saturated carbocycles. The van der Waals surface area contributed by atoms with Crippen LogP contribution in [0.15, 0.2) is 30.3 Å². The number of hydrogen-bond donors (Lipinski definition) is 2. The molecule has 3 rings (SSSR count). The molecule has 2 N–H and O–H groups in total. The summed E-state index contributed by atoms with van der Waals surface area (Å²) in [6.45, 7) is -0.362. The first-order chi connectivity index (χ1) is 11.0. The van der Waals surface area contributed by atoms with Crippen LogP contribution in [0.2, 0.25) is 0 Å². The van der Waals surface area contributed by atoms with Gasteiger partial charge in [0, 0.05) is 18.2 Å². The fraction of sp³-hybridized carbons (Fsp3) is 0.312. The second-order valence-electron chi connectivity index (χ2n) is 5.66. The second-order valence-corrected chi connectivity index (χ2v) is 5.66. The smallest absolute Gasteiger partial charge is 0.323 e. The Balaban J connectivity index is 1.77. The standard InChI is InChI=1S/C16H16FN3O3/c17-12-5-1-10(2-6-12)8-20(9-15(21)22)16(23)14-7-13(18-19-14)11-3-4-11/h1-2,5-7,11H,3-4,8-9H2,(H,18,19)(H,21,22). The third kappa shape index (κ3) is 3.74. The van der Waals surface area contributed by atoms with Crippen LogP contribution in [0.4, 0.5) is 4.39 Å². The normalized spacial score (nSPS) is 13.8. The van der Waals surface area contributed by atoms with Gasteiger partial charge in [0.1, 0.15) is 18.1 Å². The summed E-state index contributed by atoms with van der Waals surface area (Å²) < 4.78 is 13.0. The molecular formula is C16H16FN3O3. The van der Waals surface area contributed by atoms with Gasteiger partial charge in [-0.3, -0.25) is 14.7 Å². The van der Waals surface area contributed by atoms with Crippen molar-refractivity contribution in [2.24, 2.45) is 0 Å². The molecule has 0 bridgehead atoms. The lowest BCUT2D eigenvalue weighted by Crippen LogP contribution is -2.35. The van der Waals surface area contributed by atoms with E-state index in [1.54, 1.807) is 6.07 Å². The van der Waals surface area contributed by atoms with E-state index in [0.29, 0.717) is 11.5 Å². The van der Waals surface area contributed by atoms with Crippen LogP contribution in [-0.4, -0.2) is 38.6 Å². The molecule has 0 radical (unpaired) electrons. The van der Waals surface area contributed by atoms with E-state index in [-0.39, 0.29) is 18.1 Å². The van der Waals surface area contributed by atoms with Crippen LogP contribution in [0.3, 0.4) is 0 Å². The molecule has 0 aliphatic heterocycles. The van der Waals surface area contributed by atoms with E-state index in [4.69, 9.17) is 5.11 Å². The third-order valence-electron chi connectivity index (χ3n) is 3.73. The molecule has 120 valence electrons. The van der Waals surface area contributed by atoms with Gasteiger partial charge in [0.05, 0.1) is 0 Å². The minimum atomic E-state index is -1.11. The highest BCUT2D eigenvalue weighted by Crippen LogP contribution is 2.39. The number of carboxylic acids is 1. The van der Waals surface area contributed by atoms with Crippen molar-refractivity contribution in [3.63, 3.8) is 0 Å². The molecule has 1 amide bonds. The first-order valence-electron chi connectivity index (χ1n) is 7.34. The van der Waals surface area contributed by atoms with Crippen LogP contribution in [0.5, 0.6) is 0 Å². The summed E-state index contributed by atoms with van der Waals surface area (Å²) in [4.78, 5) is 24.7. The Hall–Kier alpha value is -2.70. The van der Waals surface area contributed by atoms with E-state index in [1.807, 2.05) is 0 Å². The van der Waals surface area contributed by atoms with Crippen LogP contribution >= 0.6 is 0 Å². The summed E-state index contributed by atoms with van der Waals surface area (Å²) in [6, 6.07) is 7.28. The minimum absolute atomic E-state index is 0.0804. The Morgan fingerprint density at radius 2 is 2.00 bits per heavy atom. The zero-order valence-electron chi connectivity index (χ0n) is 12.3. The highest BCUT2D eigenvalue weighted by atomic mass is 19.1. The van der Waals surface area contributed by atoms with Gasteiger partial charge < -0.3 is 10.0 Å². The number of rotatable bonds is 6. The average molecular weight is 317 g/mol. The van der Waals surface area contributed by atoms with Gasteiger partial charge in [-0.2, -0.15) is 5.10 Å². The van der Waals surface area contributed by atoms with E-state index >= 15 is 0 Å². The number of nitrogens with one attached hydrogen (secondary N) is 1. The van der Waals surface area contributed by atoms with Crippen LogP contribution in [-0.2, 0) is 11.3 Å². The van der Waals surface area contributed by atoms with E-state index in [2.05, 4.69) is 10.2 Å². The predicted octanol–water partition coefficient (Wildman–Crippen LogP) is 2.15. The Morgan fingerprint density at radius 1 is 1.30 bits per heavy atom. The van der Waals surface area contributed by atoms with E-state index < -0.39 is 18.4 Å². The first-order valence-corrected chi connectivity index (χ1v) is 7.34. The number of benzene rings is 1. The summed E-state index contributed by atoms with van der Waals surface area (Å²) in [7, 11) is 0. The molecule has 1 aromatic heterocycles. The van der Waals surface area contributed by atoms with Crippen LogP contribution < -0.4 is 0 Å². The SMILES string of the molecule is O=C(O)CN(Cc1ccc(F)cc1)C(=O)c1cc(C2CC2)[nH]n1. The quantitative estimate of drug-likeness (QED) is 0.855. The molecule has 1 aliphatic rings. The van der Waals surface area contributed by atoms with Crippen molar-refractivity contribution in [3.05, 3.63) is 53.1 Å². The lowest BCUT2D eigenvalue weighted by molar-refractivity contribution is -0.137. The van der Waals surface area contributed by atoms with Crippen LogP contribution in [0.25, 0.3) is 0 Å². The zero-order valence-corrected chi connectivity index (χ0v) is 12.3. The molecule has 1 aromatic carbocycles. The predicted molar refractivity (Wildman–Crippen MR) is 79.3 cm³/mol. The lowest BCUT2D eigenvalue weighted by atomic mass is 10.2. The average Bonchev–Trinajstić information content (AvgIpc) is 3.25. The lowest BCUT2D eigenvalue weighted by Gasteiger charge is -2.19. The summed E-state index contributed by atoms with van der Waals surface area (Å²) in [5.41, 5.74) is 1.76. The number of H-pyrrole nitrogens is 1. The monoisotopic (exact) mass is 317 g/mol. The largest absolute Gasteiger partial charge is 0.480 e. The van der Waals surface area contributed by atoms with Gasteiger partial charge in [-0.05, 0) is 36.6 Å². The zero-order chi connectivity index (χ0) is 16.4. The number of halogens is 1. The van der Waals surface area contributed by atoms with Gasteiger partial charge in [0.15, 0.2) is 0 Å². The number of nitrogens with zero attached hydrogens (tertiary/aromatic N) is 2. The number of carbonyl (C=O) groups excluding carboxylic acids is 1. The molecule has 2 aromatic rings. The minimum Gasteiger partial charge on any atom is -0.480 e. The van der Waals surface area contributed by atoms with Crippen molar-refractivity contribution in [2.75, 3.05) is 6.54 Å². The van der Waals surface area contributed by atoms with E-state index in [9.17, 15) is 14.0 Å². The first kappa shape index (κ1) is 15.2. The molecule has 1 fully saturated rings. The Kier molecular flexibility index (Phi) is 4.10. The third-order valence-corrected chi connectivity index (χ3v) is 3.73. The van der Waals surface area contributed by atoms with Crippen molar-refractivity contribution in [2.45, 2.75) is 25.3 Å². The van der Waals surface area contributed by atoms with Crippen LogP contribution in [0, 0.1) is 5.82 Å². The maximum atomic E-state index is 13.0. The molecule has 0 saturated heterocycles. The van der Waals surface area contributed by atoms with Crippen molar-refractivity contribution in [3.8, 4) is 0 Å². The van der Waals surface area contributed by atoms with Crippen molar-refractivity contribution >= 4 is 11.9 Å². The fourth-order valence-electron chi connectivity index (χ4n) is 2.38. The summed E-state index contributed by atoms with van der Waals surface area (Å²) in [5, 5.41) is 15.8. The highest BCUT2D eigenvalue weighted by Gasteiger charge is 2.28.